The minimum atomic E-state index is 0.946. The van der Waals surface area contributed by atoms with Gasteiger partial charge in [-0.25, -0.2) is 0 Å². The van der Waals surface area contributed by atoms with Crippen LogP contribution in [-0.4, -0.2) is 13.1 Å². The van der Waals surface area contributed by atoms with Gasteiger partial charge < -0.3 is 10.6 Å². The van der Waals surface area contributed by atoms with Gasteiger partial charge in [-0.2, -0.15) is 0 Å². The normalized spacial score (nSPS) is 11.0. The van der Waals surface area contributed by atoms with Crippen LogP contribution in [0.3, 0.4) is 0 Å². The quantitative estimate of drug-likeness (QED) is 0.813. The highest BCUT2D eigenvalue weighted by Gasteiger charge is 2.04. The van der Waals surface area contributed by atoms with E-state index >= 15 is 0 Å². The third-order valence-corrected chi connectivity index (χ3v) is 3.20. The minimum Gasteiger partial charge on any atom is -0.313 e. The first-order chi connectivity index (χ1) is 8.85. The van der Waals surface area contributed by atoms with Gasteiger partial charge in [0.15, 0.2) is 0 Å². The lowest BCUT2D eigenvalue weighted by Crippen LogP contribution is -2.17. The van der Waals surface area contributed by atoms with Crippen molar-refractivity contribution in [2.45, 2.75) is 26.9 Å². The second-order valence-corrected chi connectivity index (χ2v) is 4.53. The molecule has 0 aromatic heterocycles. The molecule has 18 heavy (non-hydrogen) atoms. The molecule has 0 saturated heterocycles. The molecule has 96 valence electrons. The van der Waals surface area contributed by atoms with E-state index in [1.54, 1.807) is 0 Å². The van der Waals surface area contributed by atoms with E-state index in [1.165, 1.54) is 21.9 Å². The predicted molar refractivity (Wildman–Crippen MR) is 78.7 cm³/mol. The van der Waals surface area contributed by atoms with Crippen LogP contribution in [0.15, 0.2) is 36.4 Å². The number of fused-ring (bicyclic) bond motifs is 1. The first kappa shape index (κ1) is 13.1. The summed E-state index contributed by atoms with van der Waals surface area (Å²) in [5, 5.41) is 9.49. The zero-order chi connectivity index (χ0) is 12.8. The van der Waals surface area contributed by atoms with Crippen molar-refractivity contribution >= 4 is 10.8 Å². The van der Waals surface area contributed by atoms with Crippen LogP contribution in [0.4, 0.5) is 0 Å². The molecule has 0 radical (unpaired) electrons. The van der Waals surface area contributed by atoms with Crippen LogP contribution in [0.1, 0.15) is 25.0 Å². The molecule has 0 atom stereocenters. The average Bonchev–Trinajstić information content (AvgIpc) is 2.42. The molecule has 2 N–H and O–H groups in total. The Labute approximate surface area is 109 Å². The molecule has 0 fully saturated rings. The number of rotatable bonds is 6. The van der Waals surface area contributed by atoms with Crippen LogP contribution in [0.25, 0.3) is 10.8 Å². The Bertz CT molecular complexity index is 459. The maximum absolute atomic E-state index is 3.42. The van der Waals surface area contributed by atoms with E-state index < -0.39 is 0 Å². The summed E-state index contributed by atoms with van der Waals surface area (Å²) in [6.45, 7) is 8.20. The van der Waals surface area contributed by atoms with Crippen LogP contribution in [0.2, 0.25) is 0 Å². The van der Waals surface area contributed by atoms with Gasteiger partial charge >= 0.3 is 0 Å². The van der Waals surface area contributed by atoms with Crippen LogP contribution in [0.5, 0.6) is 0 Å². The third kappa shape index (κ3) is 3.09. The second-order valence-electron chi connectivity index (χ2n) is 4.53. The molecule has 2 aromatic rings. The van der Waals surface area contributed by atoms with Gasteiger partial charge in [0.1, 0.15) is 0 Å². The van der Waals surface area contributed by atoms with Crippen molar-refractivity contribution in [3.05, 3.63) is 47.5 Å². The summed E-state index contributed by atoms with van der Waals surface area (Å²) in [7, 11) is 0. The Hall–Kier alpha value is -1.38. The van der Waals surface area contributed by atoms with Crippen LogP contribution in [0, 0.1) is 0 Å². The van der Waals surface area contributed by atoms with Crippen molar-refractivity contribution in [1.82, 2.24) is 10.6 Å². The molecule has 0 unspecified atom stereocenters. The molecular formula is C16H22N2. The Morgan fingerprint density at radius 1 is 0.778 bits per heavy atom. The summed E-state index contributed by atoms with van der Waals surface area (Å²) in [6.07, 6.45) is 0. The van der Waals surface area contributed by atoms with Gasteiger partial charge in [0.2, 0.25) is 0 Å². The highest BCUT2D eigenvalue weighted by molar-refractivity contribution is 5.84. The number of nitrogens with one attached hydrogen (secondary N) is 2. The van der Waals surface area contributed by atoms with Crippen LogP contribution in [-0.2, 0) is 13.1 Å². The average molecular weight is 242 g/mol. The van der Waals surface area contributed by atoms with E-state index in [0.29, 0.717) is 0 Å². The van der Waals surface area contributed by atoms with Gasteiger partial charge in [0, 0.05) is 13.1 Å². The topological polar surface area (TPSA) is 24.1 Å². The molecule has 0 bridgehead atoms. The highest BCUT2D eigenvalue weighted by Crippen LogP contribution is 2.20. The Balaban J connectivity index is 2.35. The number of benzene rings is 2. The van der Waals surface area contributed by atoms with Crippen molar-refractivity contribution < 1.29 is 0 Å². The summed E-state index contributed by atoms with van der Waals surface area (Å²) in [4.78, 5) is 0. The lowest BCUT2D eigenvalue weighted by molar-refractivity contribution is 0.691. The van der Waals surface area contributed by atoms with Crippen LogP contribution < -0.4 is 10.6 Å². The minimum absolute atomic E-state index is 0.946. The van der Waals surface area contributed by atoms with Gasteiger partial charge in [-0.1, -0.05) is 38.1 Å². The monoisotopic (exact) mass is 242 g/mol. The van der Waals surface area contributed by atoms with E-state index in [-0.39, 0.29) is 0 Å². The number of hydrogen-bond donors (Lipinski definition) is 2. The molecule has 0 amide bonds. The molecular weight excluding hydrogens is 220 g/mol. The molecule has 0 aliphatic heterocycles. The first-order valence-corrected chi connectivity index (χ1v) is 6.77. The summed E-state index contributed by atoms with van der Waals surface area (Å²) in [6, 6.07) is 13.2. The lowest BCUT2D eigenvalue weighted by atomic mass is 10.0. The van der Waals surface area contributed by atoms with Gasteiger partial charge in [-0.05, 0) is 47.1 Å². The van der Waals surface area contributed by atoms with E-state index in [4.69, 9.17) is 0 Å². The molecule has 2 rings (SSSR count). The van der Waals surface area contributed by atoms with Crippen LogP contribution >= 0.6 is 0 Å². The second kappa shape index (κ2) is 6.53. The summed E-state index contributed by atoms with van der Waals surface area (Å²) in [5.74, 6) is 0. The zero-order valence-corrected chi connectivity index (χ0v) is 11.3. The maximum atomic E-state index is 3.42. The largest absolute Gasteiger partial charge is 0.313 e. The van der Waals surface area contributed by atoms with Gasteiger partial charge in [0.05, 0.1) is 0 Å². The number of hydrogen-bond acceptors (Lipinski definition) is 2. The Morgan fingerprint density at radius 3 is 1.61 bits per heavy atom. The SMILES string of the molecule is CCNCc1cc2ccccc2cc1CNCC. The van der Waals surface area contributed by atoms with E-state index in [9.17, 15) is 0 Å². The highest BCUT2D eigenvalue weighted by atomic mass is 14.9. The smallest absolute Gasteiger partial charge is 0.0208 e. The molecule has 2 aromatic carbocycles. The predicted octanol–water partition coefficient (Wildman–Crippen LogP) is 3.06. The molecule has 2 nitrogen and oxygen atoms in total. The fraction of sp³-hybridized carbons (Fsp3) is 0.375. The summed E-state index contributed by atoms with van der Waals surface area (Å²) >= 11 is 0. The van der Waals surface area contributed by atoms with Gasteiger partial charge in [-0.3, -0.25) is 0 Å². The maximum Gasteiger partial charge on any atom is 0.0208 e. The third-order valence-electron chi connectivity index (χ3n) is 3.20. The lowest BCUT2D eigenvalue weighted by Gasteiger charge is -2.12. The van der Waals surface area contributed by atoms with E-state index in [2.05, 4.69) is 60.9 Å². The van der Waals surface area contributed by atoms with Crippen molar-refractivity contribution in [3.63, 3.8) is 0 Å². The van der Waals surface area contributed by atoms with Crippen molar-refractivity contribution in [2.24, 2.45) is 0 Å². The molecule has 0 saturated carbocycles. The van der Waals surface area contributed by atoms with E-state index in [0.717, 1.165) is 26.2 Å². The molecule has 0 spiro atoms. The zero-order valence-electron chi connectivity index (χ0n) is 11.3. The standard InChI is InChI=1S/C16H22N2/c1-3-17-11-15-9-13-7-5-6-8-14(13)10-16(15)12-18-4-2/h5-10,17-18H,3-4,11-12H2,1-2H3. The Morgan fingerprint density at radius 2 is 1.22 bits per heavy atom. The molecule has 0 aliphatic rings. The van der Waals surface area contributed by atoms with Crippen molar-refractivity contribution in [2.75, 3.05) is 13.1 Å². The first-order valence-electron chi connectivity index (χ1n) is 6.77. The fourth-order valence-corrected chi connectivity index (χ4v) is 2.18. The summed E-state index contributed by atoms with van der Waals surface area (Å²) in [5.41, 5.74) is 2.80. The van der Waals surface area contributed by atoms with E-state index in [1.807, 2.05) is 0 Å². The molecule has 0 aliphatic carbocycles. The molecule has 2 heteroatoms. The Kier molecular flexibility index (Phi) is 4.73. The van der Waals surface area contributed by atoms with Crippen molar-refractivity contribution in [3.8, 4) is 0 Å². The summed E-state index contributed by atoms with van der Waals surface area (Å²) < 4.78 is 0. The van der Waals surface area contributed by atoms with Crippen molar-refractivity contribution in [1.29, 1.82) is 0 Å². The molecule has 0 heterocycles. The van der Waals surface area contributed by atoms with Gasteiger partial charge in [-0.15, -0.1) is 0 Å². The van der Waals surface area contributed by atoms with Gasteiger partial charge in [0.25, 0.3) is 0 Å². The fourth-order valence-electron chi connectivity index (χ4n) is 2.18.